The fourth-order valence-electron chi connectivity index (χ4n) is 2.37. The molecule has 0 bridgehead atoms. The van der Waals surface area contributed by atoms with Crippen molar-refractivity contribution in [3.05, 3.63) is 35.1 Å². The number of fused-ring (bicyclic) bond motifs is 1. The monoisotopic (exact) mass is 365 g/mol. The minimum Gasteiger partial charge on any atom is -0.361 e. The van der Waals surface area contributed by atoms with Crippen LogP contribution in [0.2, 0.25) is 30.7 Å². The van der Waals surface area contributed by atoms with E-state index < -0.39 is 8.07 Å². The highest BCUT2D eigenvalue weighted by atomic mass is 35.5. The highest BCUT2D eigenvalue weighted by Gasteiger charge is 2.16. The number of aromatic nitrogens is 3. The fourth-order valence-corrected chi connectivity index (χ4v) is 3.91. The Morgan fingerprint density at radius 2 is 2.17 bits per heavy atom. The highest BCUT2D eigenvalue weighted by Crippen LogP contribution is 2.34. The van der Waals surface area contributed by atoms with Gasteiger partial charge in [0, 0.05) is 55.2 Å². The van der Waals surface area contributed by atoms with Gasteiger partial charge in [-0.05, 0) is 23.6 Å². The van der Waals surface area contributed by atoms with Gasteiger partial charge in [-0.25, -0.2) is 9.36 Å². The second kappa shape index (κ2) is 6.73. The lowest BCUT2D eigenvalue weighted by Crippen LogP contribution is -2.22. The average Bonchev–Trinajstić information content (AvgIpc) is 3.11. The molecular formula is C16H20ClN3OSSi. The van der Waals surface area contributed by atoms with E-state index in [9.17, 15) is 0 Å². The van der Waals surface area contributed by atoms with Crippen molar-refractivity contribution in [3.8, 4) is 11.1 Å². The number of hydrogen-bond donors (Lipinski definition) is 0. The molecule has 3 aromatic heterocycles. The zero-order chi connectivity index (χ0) is 16.4. The van der Waals surface area contributed by atoms with Crippen LogP contribution in [0.3, 0.4) is 0 Å². The van der Waals surface area contributed by atoms with Gasteiger partial charge in [-0.3, -0.25) is 0 Å². The Kier molecular flexibility index (Phi) is 4.87. The van der Waals surface area contributed by atoms with E-state index in [0.29, 0.717) is 11.8 Å². The number of rotatable bonds is 6. The molecule has 23 heavy (non-hydrogen) atoms. The first kappa shape index (κ1) is 16.6. The minimum absolute atomic E-state index is 0.492. The molecule has 0 aliphatic carbocycles. The molecule has 0 N–H and O–H groups in total. The summed E-state index contributed by atoms with van der Waals surface area (Å²) in [5, 5.41) is 3.69. The molecule has 0 aliphatic rings. The van der Waals surface area contributed by atoms with E-state index >= 15 is 0 Å². The maximum Gasteiger partial charge on any atom is 0.143 e. The largest absolute Gasteiger partial charge is 0.361 e. The van der Waals surface area contributed by atoms with Gasteiger partial charge in [-0.15, -0.1) is 0 Å². The minimum atomic E-state index is -1.07. The van der Waals surface area contributed by atoms with E-state index in [1.165, 1.54) is 11.5 Å². The summed E-state index contributed by atoms with van der Waals surface area (Å²) in [6.07, 6.45) is 5.65. The molecule has 0 aromatic carbocycles. The van der Waals surface area contributed by atoms with Crippen molar-refractivity contribution >= 4 is 42.2 Å². The molecule has 7 heteroatoms. The van der Waals surface area contributed by atoms with Crippen LogP contribution in [0.5, 0.6) is 0 Å². The number of ether oxygens (including phenoxy) is 1. The van der Waals surface area contributed by atoms with E-state index in [2.05, 4.69) is 35.2 Å². The van der Waals surface area contributed by atoms with E-state index in [4.69, 9.17) is 16.3 Å². The standard InChI is InChI=1S/C16H20ClN3OSSi/c1-23(2,3)7-6-21-11-20-9-13(12-8-19-22-10-12)15-14(17)4-5-18-16(15)20/h4-5,8-10H,6-7,11H2,1-3H3. The predicted molar refractivity (Wildman–Crippen MR) is 100.0 cm³/mol. The van der Waals surface area contributed by atoms with Crippen molar-refractivity contribution in [2.75, 3.05) is 6.61 Å². The number of hydrogen-bond acceptors (Lipinski definition) is 4. The molecule has 4 nitrogen and oxygen atoms in total. The Morgan fingerprint density at radius 3 is 2.87 bits per heavy atom. The molecule has 0 atom stereocenters. The first-order valence-corrected chi connectivity index (χ1v) is 12.5. The normalized spacial score (nSPS) is 12.2. The summed E-state index contributed by atoms with van der Waals surface area (Å²) in [7, 11) is -1.07. The van der Waals surface area contributed by atoms with E-state index in [-0.39, 0.29) is 0 Å². The van der Waals surface area contributed by atoms with Crippen molar-refractivity contribution in [1.82, 2.24) is 13.9 Å². The van der Waals surface area contributed by atoms with Gasteiger partial charge in [0.15, 0.2) is 0 Å². The first-order valence-electron chi connectivity index (χ1n) is 7.56. The third kappa shape index (κ3) is 3.83. The number of nitrogens with zero attached hydrogens (tertiary/aromatic N) is 3. The molecular weight excluding hydrogens is 346 g/mol. The molecule has 0 radical (unpaired) electrons. The number of pyridine rings is 1. The lowest BCUT2D eigenvalue weighted by atomic mass is 10.1. The molecule has 3 heterocycles. The van der Waals surface area contributed by atoms with Crippen molar-refractivity contribution < 1.29 is 4.74 Å². The smallest absolute Gasteiger partial charge is 0.143 e. The van der Waals surface area contributed by atoms with E-state index in [1.807, 2.05) is 22.2 Å². The highest BCUT2D eigenvalue weighted by molar-refractivity contribution is 7.03. The predicted octanol–water partition coefficient (Wildman–Crippen LogP) is 5.13. The Balaban J connectivity index is 1.88. The molecule has 0 spiro atoms. The van der Waals surface area contributed by atoms with Gasteiger partial charge in [0.25, 0.3) is 0 Å². The summed E-state index contributed by atoms with van der Waals surface area (Å²) in [5.74, 6) is 0. The average molecular weight is 366 g/mol. The van der Waals surface area contributed by atoms with Crippen LogP contribution < -0.4 is 0 Å². The Bertz CT molecular complexity index is 796. The second-order valence-corrected chi connectivity index (χ2v) is 13.5. The summed E-state index contributed by atoms with van der Waals surface area (Å²) in [6.45, 7) is 8.33. The van der Waals surface area contributed by atoms with Crippen LogP contribution in [0.4, 0.5) is 0 Å². The lowest BCUT2D eigenvalue weighted by Gasteiger charge is -2.15. The maximum atomic E-state index is 6.41. The number of halogens is 1. The molecule has 3 aromatic rings. The van der Waals surface area contributed by atoms with Crippen LogP contribution in [0, 0.1) is 0 Å². The molecule has 0 amide bonds. The van der Waals surface area contributed by atoms with Gasteiger partial charge in [-0.1, -0.05) is 31.2 Å². The molecule has 3 rings (SSSR count). The van der Waals surface area contributed by atoms with Gasteiger partial charge in [0.2, 0.25) is 0 Å². The van der Waals surface area contributed by atoms with Gasteiger partial charge in [0.05, 0.1) is 5.02 Å². The Hall–Kier alpha value is -1.21. The van der Waals surface area contributed by atoms with Crippen LogP contribution in [0.15, 0.2) is 30.0 Å². The summed E-state index contributed by atoms with van der Waals surface area (Å²) < 4.78 is 12.1. The third-order valence-corrected chi connectivity index (χ3v) is 6.28. The van der Waals surface area contributed by atoms with E-state index in [1.54, 1.807) is 6.20 Å². The lowest BCUT2D eigenvalue weighted by molar-refractivity contribution is 0.0899. The summed E-state index contributed by atoms with van der Waals surface area (Å²) in [6, 6.07) is 2.98. The molecule has 0 saturated heterocycles. The first-order chi connectivity index (χ1) is 11.0. The van der Waals surface area contributed by atoms with Crippen molar-refractivity contribution in [2.24, 2.45) is 0 Å². The van der Waals surface area contributed by atoms with E-state index in [0.717, 1.165) is 34.8 Å². The van der Waals surface area contributed by atoms with Crippen molar-refractivity contribution in [1.29, 1.82) is 0 Å². The SMILES string of the molecule is C[Si](C)(C)CCOCn1cc(-c2cnsc2)c2c(Cl)ccnc21. The topological polar surface area (TPSA) is 39.9 Å². The molecule has 0 saturated carbocycles. The molecule has 0 fully saturated rings. The van der Waals surface area contributed by atoms with Gasteiger partial charge in [-0.2, -0.15) is 0 Å². The second-order valence-electron chi connectivity index (χ2n) is 6.77. The van der Waals surface area contributed by atoms with Gasteiger partial charge in [0.1, 0.15) is 12.4 Å². The quantitative estimate of drug-likeness (QED) is 0.449. The third-order valence-electron chi connectivity index (χ3n) is 3.68. The maximum absolute atomic E-state index is 6.41. The van der Waals surface area contributed by atoms with Crippen LogP contribution in [0.25, 0.3) is 22.2 Å². The van der Waals surface area contributed by atoms with Crippen LogP contribution in [-0.4, -0.2) is 28.6 Å². The Labute approximate surface area is 146 Å². The van der Waals surface area contributed by atoms with Crippen molar-refractivity contribution in [3.63, 3.8) is 0 Å². The summed E-state index contributed by atoms with van der Waals surface area (Å²) in [5.41, 5.74) is 2.98. The zero-order valence-corrected chi connectivity index (χ0v) is 16.1. The summed E-state index contributed by atoms with van der Waals surface area (Å²) >= 11 is 7.84. The molecule has 0 unspecified atom stereocenters. The van der Waals surface area contributed by atoms with Crippen LogP contribution in [0.1, 0.15) is 0 Å². The van der Waals surface area contributed by atoms with Gasteiger partial charge < -0.3 is 9.30 Å². The van der Waals surface area contributed by atoms with Crippen LogP contribution in [-0.2, 0) is 11.5 Å². The molecule has 0 aliphatic heterocycles. The van der Waals surface area contributed by atoms with Crippen LogP contribution >= 0.6 is 23.1 Å². The van der Waals surface area contributed by atoms with Crippen molar-refractivity contribution in [2.45, 2.75) is 32.4 Å². The fraction of sp³-hybridized carbons (Fsp3) is 0.375. The van der Waals surface area contributed by atoms with Gasteiger partial charge >= 0.3 is 0 Å². The Morgan fingerprint density at radius 1 is 1.35 bits per heavy atom. The molecule has 122 valence electrons. The zero-order valence-electron chi connectivity index (χ0n) is 13.5. The summed E-state index contributed by atoms with van der Waals surface area (Å²) in [4.78, 5) is 4.49.